The molecule has 1 aromatic heterocycles. The highest BCUT2D eigenvalue weighted by Gasteiger charge is 2.28. The quantitative estimate of drug-likeness (QED) is 0.362. The number of H-pyrrole nitrogens is 1. The Morgan fingerprint density at radius 2 is 1.94 bits per heavy atom. The summed E-state index contributed by atoms with van der Waals surface area (Å²) >= 11 is 0. The standard InChI is InChI=1S/C29H30N2O4/c1-3-34-27-13-12-19(16-28(27)33-2)23(24-18-30-25-10-6-4-8-20(24)25)17-31-29(32)22-14-15-35-26-11-7-5-9-21(22)26/h4-13,16,18,22-23,30H,3,14-15,17H2,1-2H3,(H,31,32). The Hall–Kier alpha value is -3.93. The summed E-state index contributed by atoms with van der Waals surface area (Å²) in [5.74, 6) is 1.90. The number of methoxy groups -OCH3 is 1. The Labute approximate surface area is 205 Å². The Morgan fingerprint density at radius 1 is 1.11 bits per heavy atom. The maximum Gasteiger partial charge on any atom is 0.227 e. The highest BCUT2D eigenvalue weighted by atomic mass is 16.5. The van der Waals surface area contributed by atoms with Crippen molar-refractivity contribution in [2.45, 2.75) is 25.2 Å². The second-order valence-corrected chi connectivity index (χ2v) is 8.66. The van der Waals surface area contributed by atoms with Crippen molar-refractivity contribution in [3.05, 3.63) is 89.6 Å². The maximum atomic E-state index is 13.4. The van der Waals surface area contributed by atoms with Crippen LogP contribution in [0.3, 0.4) is 0 Å². The normalized spacial score (nSPS) is 15.7. The van der Waals surface area contributed by atoms with Crippen LogP contribution in [0.5, 0.6) is 17.2 Å². The van der Waals surface area contributed by atoms with E-state index >= 15 is 0 Å². The number of carbonyl (C=O) groups excluding carboxylic acids is 1. The van der Waals surface area contributed by atoms with Gasteiger partial charge in [-0.25, -0.2) is 0 Å². The second kappa shape index (κ2) is 10.1. The molecule has 180 valence electrons. The molecule has 0 spiro atoms. The lowest BCUT2D eigenvalue weighted by atomic mass is 9.89. The van der Waals surface area contributed by atoms with Gasteiger partial charge >= 0.3 is 0 Å². The molecule has 6 nitrogen and oxygen atoms in total. The first-order chi connectivity index (χ1) is 17.2. The number of rotatable bonds is 8. The number of amides is 1. The fraction of sp³-hybridized carbons (Fsp3) is 0.276. The van der Waals surface area contributed by atoms with E-state index in [-0.39, 0.29) is 17.7 Å². The molecule has 1 amide bonds. The number of fused-ring (bicyclic) bond motifs is 2. The molecule has 0 fully saturated rings. The van der Waals surface area contributed by atoms with Gasteiger partial charge < -0.3 is 24.5 Å². The number of ether oxygens (including phenoxy) is 3. The molecule has 0 saturated heterocycles. The van der Waals surface area contributed by atoms with Crippen molar-refractivity contribution < 1.29 is 19.0 Å². The Balaban J connectivity index is 1.46. The minimum atomic E-state index is -0.224. The first-order valence-electron chi connectivity index (χ1n) is 12.1. The van der Waals surface area contributed by atoms with E-state index in [9.17, 15) is 4.79 Å². The van der Waals surface area contributed by atoms with Gasteiger partial charge in [-0.2, -0.15) is 0 Å². The average molecular weight is 471 g/mol. The Bertz CT molecular complexity index is 1330. The molecule has 0 saturated carbocycles. The second-order valence-electron chi connectivity index (χ2n) is 8.66. The van der Waals surface area contributed by atoms with Crippen LogP contribution in [0.2, 0.25) is 0 Å². The number of benzene rings is 3. The van der Waals surface area contributed by atoms with Gasteiger partial charge in [0.1, 0.15) is 5.75 Å². The number of aromatic amines is 1. The molecular formula is C29H30N2O4. The van der Waals surface area contributed by atoms with Crippen molar-refractivity contribution in [3.63, 3.8) is 0 Å². The van der Waals surface area contributed by atoms with E-state index in [2.05, 4.69) is 28.5 Å². The number of hydrogen-bond donors (Lipinski definition) is 2. The topological polar surface area (TPSA) is 72.6 Å². The van der Waals surface area contributed by atoms with Crippen LogP contribution in [-0.4, -0.2) is 37.8 Å². The van der Waals surface area contributed by atoms with Gasteiger partial charge in [-0.3, -0.25) is 4.79 Å². The summed E-state index contributed by atoms with van der Waals surface area (Å²) in [6, 6.07) is 22.0. The van der Waals surface area contributed by atoms with Gasteiger partial charge in [-0.15, -0.1) is 0 Å². The Kier molecular flexibility index (Phi) is 6.62. The minimum absolute atomic E-state index is 0.0171. The van der Waals surface area contributed by atoms with E-state index in [0.29, 0.717) is 37.7 Å². The highest BCUT2D eigenvalue weighted by Crippen LogP contribution is 2.37. The summed E-state index contributed by atoms with van der Waals surface area (Å²) in [5.41, 5.74) is 4.18. The first kappa shape index (κ1) is 22.8. The SMILES string of the molecule is CCOc1ccc(C(CNC(=O)C2CCOc3ccccc32)c2c[nH]c3ccccc23)cc1OC. The molecule has 1 aliphatic heterocycles. The van der Waals surface area contributed by atoms with E-state index in [1.165, 1.54) is 0 Å². The van der Waals surface area contributed by atoms with Crippen LogP contribution in [0, 0.1) is 0 Å². The van der Waals surface area contributed by atoms with E-state index in [1.54, 1.807) is 7.11 Å². The number of aromatic nitrogens is 1. The summed E-state index contributed by atoms with van der Waals surface area (Å²) in [5, 5.41) is 4.38. The molecule has 5 rings (SSSR count). The number of hydrogen-bond acceptors (Lipinski definition) is 4. The van der Waals surface area contributed by atoms with E-state index in [1.807, 2.05) is 61.7 Å². The van der Waals surface area contributed by atoms with Gasteiger partial charge in [0.25, 0.3) is 0 Å². The molecule has 3 aromatic carbocycles. The molecule has 0 aliphatic carbocycles. The van der Waals surface area contributed by atoms with Gasteiger partial charge in [0.05, 0.1) is 26.2 Å². The van der Waals surface area contributed by atoms with Crippen LogP contribution >= 0.6 is 0 Å². The largest absolute Gasteiger partial charge is 0.493 e. The van der Waals surface area contributed by atoms with E-state index in [4.69, 9.17) is 14.2 Å². The van der Waals surface area contributed by atoms with Gasteiger partial charge in [-0.05, 0) is 48.7 Å². The zero-order chi connectivity index (χ0) is 24.2. The lowest BCUT2D eigenvalue weighted by Gasteiger charge is -2.26. The zero-order valence-corrected chi connectivity index (χ0v) is 20.0. The van der Waals surface area contributed by atoms with Crippen LogP contribution in [0.1, 0.15) is 41.9 Å². The smallest absolute Gasteiger partial charge is 0.227 e. The molecule has 2 atom stereocenters. The summed E-state index contributed by atoms with van der Waals surface area (Å²) in [6.45, 7) is 3.50. The Morgan fingerprint density at radius 3 is 2.80 bits per heavy atom. The first-order valence-corrected chi connectivity index (χ1v) is 12.1. The van der Waals surface area contributed by atoms with Crippen LogP contribution in [0.4, 0.5) is 0 Å². The molecule has 1 aliphatic rings. The highest BCUT2D eigenvalue weighted by molar-refractivity contribution is 5.86. The van der Waals surface area contributed by atoms with Crippen molar-refractivity contribution in [2.75, 3.05) is 26.9 Å². The van der Waals surface area contributed by atoms with Crippen LogP contribution < -0.4 is 19.5 Å². The summed E-state index contributed by atoms with van der Waals surface area (Å²) in [4.78, 5) is 16.8. The molecule has 2 heterocycles. The molecule has 35 heavy (non-hydrogen) atoms. The van der Waals surface area contributed by atoms with Crippen LogP contribution in [-0.2, 0) is 4.79 Å². The molecule has 4 aromatic rings. The molecule has 2 unspecified atom stereocenters. The summed E-state index contributed by atoms with van der Waals surface area (Å²) in [6.07, 6.45) is 2.70. The summed E-state index contributed by atoms with van der Waals surface area (Å²) < 4.78 is 17.1. The molecule has 2 N–H and O–H groups in total. The van der Waals surface area contributed by atoms with Crippen molar-refractivity contribution in [3.8, 4) is 17.2 Å². The van der Waals surface area contributed by atoms with Crippen molar-refractivity contribution >= 4 is 16.8 Å². The van der Waals surface area contributed by atoms with E-state index in [0.717, 1.165) is 33.3 Å². The minimum Gasteiger partial charge on any atom is -0.493 e. The molecule has 0 bridgehead atoms. The molecule has 0 radical (unpaired) electrons. The number of carbonyl (C=O) groups is 1. The fourth-order valence-corrected chi connectivity index (χ4v) is 4.91. The average Bonchev–Trinajstić information content (AvgIpc) is 3.33. The fourth-order valence-electron chi connectivity index (χ4n) is 4.91. The maximum absolute atomic E-state index is 13.4. The van der Waals surface area contributed by atoms with Crippen molar-refractivity contribution in [2.24, 2.45) is 0 Å². The monoisotopic (exact) mass is 470 g/mol. The van der Waals surface area contributed by atoms with E-state index < -0.39 is 0 Å². The number of para-hydroxylation sites is 2. The van der Waals surface area contributed by atoms with Crippen molar-refractivity contribution in [1.82, 2.24) is 10.3 Å². The zero-order valence-electron chi connectivity index (χ0n) is 20.0. The lowest BCUT2D eigenvalue weighted by molar-refractivity contribution is -0.123. The van der Waals surface area contributed by atoms with Crippen LogP contribution in [0.15, 0.2) is 72.9 Å². The lowest BCUT2D eigenvalue weighted by Crippen LogP contribution is -2.35. The molecular weight excluding hydrogens is 440 g/mol. The van der Waals surface area contributed by atoms with Gasteiger partial charge in [0.2, 0.25) is 5.91 Å². The predicted octanol–water partition coefficient (Wildman–Crippen LogP) is 5.39. The van der Waals surface area contributed by atoms with Gasteiger partial charge in [0, 0.05) is 35.1 Å². The third-order valence-electron chi connectivity index (χ3n) is 6.64. The molecule has 6 heteroatoms. The van der Waals surface area contributed by atoms with Gasteiger partial charge in [-0.1, -0.05) is 42.5 Å². The van der Waals surface area contributed by atoms with Crippen molar-refractivity contribution in [1.29, 1.82) is 0 Å². The van der Waals surface area contributed by atoms with Crippen LogP contribution in [0.25, 0.3) is 10.9 Å². The third-order valence-corrected chi connectivity index (χ3v) is 6.64. The number of nitrogens with one attached hydrogen (secondary N) is 2. The third kappa shape index (κ3) is 4.56. The van der Waals surface area contributed by atoms with Gasteiger partial charge in [0.15, 0.2) is 11.5 Å². The summed E-state index contributed by atoms with van der Waals surface area (Å²) in [7, 11) is 1.65. The predicted molar refractivity (Wildman–Crippen MR) is 137 cm³/mol.